The van der Waals surface area contributed by atoms with Crippen LogP contribution in [-0.2, 0) is 4.74 Å². The number of likely N-dealkylation sites (tertiary alicyclic amines) is 1. The van der Waals surface area contributed by atoms with Gasteiger partial charge in [0.2, 0.25) is 0 Å². The number of hydrogen-bond acceptors (Lipinski definition) is 3. The molecule has 0 bridgehead atoms. The highest BCUT2D eigenvalue weighted by molar-refractivity contribution is 5.68. The minimum atomic E-state index is -0.405. The molecule has 2 aliphatic rings. The SMILES string of the molecule is CC1CCCC1NC1CCCN(C(=O)OC(C)(C)C)C1. The quantitative estimate of drug-likeness (QED) is 0.846. The van der Waals surface area contributed by atoms with Crippen LogP contribution in [0.3, 0.4) is 0 Å². The smallest absolute Gasteiger partial charge is 0.410 e. The van der Waals surface area contributed by atoms with Gasteiger partial charge in [0.05, 0.1) is 0 Å². The molecule has 2 rings (SSSR count). The highest BCUT2D eigenvalue weighted by atomic mass is 16.6. The third-order valence-electron chi connectivity index (χ3n) is 4.38. The van der Waals surface area contributed by atoms with E-state index in [1.54, 1.807) is 0 Å². The number of ether oxygens (including phenoxy) is 1. The van der Waals surface area contributed by atoms with Crippen LogP contribution in [-0.4, -0.2) is 41.8 Å². The molecule has 1 heterocycles. The predicted molar refractivity (Wildman–Crippen MR) is 80.8 cm³/mol. The number of carbonyl (C=O) groups excluding carboxylic acids is 1. The second kappa shape index (κ2) is 6.33. The predicted octanol–water partition coefficient (Wildman–Crippen LogP) is 3.16. The van der Waals surface area contributed by atoms with Crippen LogP contribution >= 0.6 is 0 Å². The first-order valence-corrected chi connectivity index (χ1v) is 8.09. The zero-order valence-electron chi connectivity index (χ0n) is 13.4. The van der Waals surface area contributed by atoms with E-state index in [4.69, 9.17) is 4.74 Å². The lowest BCUT2D eigenvalue weighted by Gasteiger charge is -2.36. The number of piperidine rings is 1. The highest BCUT2D eigenvalue weighted by Crippen LogP contribution is 2.26. The summed E-state index contributed by atoms with van der Waals surface area (Å²) in [6, 6.07) is 1.07. The van der Waals surface area contributed by atoms with Gasteiger partial charge in [-0.2, -0.15) is 0 Å². The van der Waals surface area contributed by atoms with Gasteiger partial charge in [0.25, 0.3) is 0 Å². The standard InChI is InChI=1S/C16H30N2O2/c1-12-7-5-9-14(12)17-13-8-6-10-18(11-13)15(19)20-16(2,3)4/h12-14,17H,5-11H2,1-4H3. The molecule has 0 aromatic carbocycles. The Morgan fingerprint density at radius 3 is 2.55 bits per heavy atom. The fourth-order valence-electron chi connectivity index (χ4n) is 3.30. The van der Waals surface area contributed by atoms with Crippen molar-refractivity contribution in [2.24, 2.45) is 5.92 Å². The number of amides is 1. The topological polar surface area (TPSA) is 41.6 Å². The molecular weight excluding hydrogens is 252 g/mol. The normalized spacial score (nSPS) is 31.4. The second-order valence-corrected chi connectivity index (χ2v) is 7.45. The number of nitrogens with one attached hydrogen (secondary N) is 1. The van der Waals surface area contributed by atoms with Crippen LogP contribution in [0.5, 0.6) is 0 Å². The Bertz CT molecular complexity index is 338. The molecule has 20 heavy (non-hydrogen) atoms. The Morgan fingerprint density at radius 1 is 1.20 bits per heavy atom. The van der Waals surface area contributed by atoms with Crippen molar-refractivity contribution in [1.29, 1.82) is 0 Å². The number of hydrogen-bond donors (Lipinski definition) is 1. The van der Waals surface area contributed by atoms with Gasteiger partial charge in [-0.25, -0.2) is 4.79 Å². The zero-order valence-corrected chi connectivity index (χ0v) is 13.4. The maximum Gasteiger partial charge on any atom is 0.410 e. The lowest BCUT2D eigenvalue weighted by molar-refractivity contribution is 0.0181. The highest BCUT2D eigenvalue weighted by Gasteiger charge is 2.31. The fraction of sp³-hybridized carbons (Fsp3) is 0.938. The molecule has 3 atom stereocenters. The second-order valence-electron chi connectivity index (χ2n) is 7.45. The molecule has 0 aromatic heterocycles. The van der Waals surface area contributed by atoms with Crippen molar-refractivity contribution in [2.75, 3.05) is 13.1 Å². The van der Waals surface area contributed by atoms with E-state index >= 15 is 0 Å². The molecule has 1 saturated heterocycles. The monoisotopic (exact) mass is 282 g/mol. The number of carbonyl (C=O) groups is 1. The van der Waals surface area contributed by atoms with E-state index in [1.807, 2.05) is 25.7 Å². The van der Waals surface area contributed by atoms with Gasteiger partial charge in [-0.3, -0.25) is 0 Å². The maximum absolute atomic E-state index is 12.1. The summed E-state index contributed by atoms with van der Waals surface area (Å²) >= 11 is 0. The molecule has 1 amide bonds. The Labute approximate surface area is 123 Å². The summed E-state index contributed by atoms with van der Waals surface area (Å²) in [5.41, 5.74) is -0.405. The van der Waals surface area contributed by atoms with E-state index in [9.17, 15) is 4.79 Å². The molecule has 4 heteroatoms. The van der Waals surface area contributed by atoms with Gasteiger partial charge in [0.1, 0.15) is 5.60 Å². The molecule has 1 aliphatic carbocycles. The van der Waals surface area contributed by atoms with E-state index in [2.05, 4.69) is 12.2 Å². The zero-order chi connectivity index (χ0) is 14.8. The molecule has 0 spiro atoms. The minimum Gasteiger partial charge on any atom is -0.444 e. The Balaban J connectivity index is 1.83. The fourth-order valence-corrected chi connectivity index (χ4v) is 3.30. The van der Waals surface area contributed by atoms with Gasteiger partial charge in [0, 0.05) is 25.2 Å². The van der Waals surface area contributed by atoms with E-state index in [0.717, 1.165) is 25.4 Å². The van der Waals surface area contributed by atoms with Gasteiger partial charge in [-0.05, 0) is 52.4 Å². The molecule has 2 fully saturated rings. The average Bonchev–Trinajstić information content (AvgIpc) is 2.73. The lowest BCUT2D eigenvalue weighted by Crippen LogP contribution is -2.52. The van der Waals surface area contributed by atoms with Crippen molar-refractivity contribution in [2.45, 2.75) is 77.5 Å². The molecule has 1 aliphatic heterocycles. The van der Waals surface area contributed by atoms with Gasteiger partial charge in [-0.15, -0.1) is 0 Å². The molecule has 0 radical (unpaired) electrons. The first-order chi connectivity index (χ1) is 9.35. The van der Waals surface area contributed by atoms with Crippen molar-refractivity contribution < 1.29 is 9.53 Å². The summed E-state index contributed by atoms with van der Waals surface area (Å²) in [7, 11) is 0. The average molecular weight is 282 g/mol. The molecule has 0 aromatic rings. The van der Waals surface area contributed by atoms with Crippen LogP contribution in [0, 0.1) is 5.92 Å². The van der Waals surface area contributed by atoms with Gasteiger partial charge >= 0.3 is 6.09 Å². The summed E-state index contributed by atoms with van der Waals surface area (Å²) in [6.07, 6.45) is 6.02. The minimum absolute atomic E-state index is 0.163. The van der Waals surface area contributed by atoms with E-state index < -0.39 is 5.60 Å². The van der Waals surface area contributed by atoms with E-state index in [-0.39, 0.29) is 6.09 Å². The third kappa shape index (κ3) is 4.37. The van der Waals surface area contributed by atoms with Gasteiger partial charge < -0.3 is 15.0 Å². The van der Waals surface area contributed by atoms with Crippen LogP contribution in [0.1, 0.15) is 59.8 Å². The largest absolute Gasteiger partial charge is 0.444 e. The van der Waals surface area contributed by atoms with Crippen LogP contribution in [0.25, 0.3) is 0 Å². The molecule has 116 valence electrons. The van der Waals surface area contributed by atoms with E-state index in [0.29, 0.717) is 12.1 Å². The first kappa shape index (κ1) is 15.6. The molecule has 1 saturated carbocycles. The summed E-state index contributed by atoms with van der Waals surface area (Å²) in [6.45, 7) is 9.71. The number of rotatable bonds is 2. The third-order valence-corrected chi connectivity index (χ3v) is 4.38. The van der Waals surface area contributed by atoms with Crippen LogP contribution in [0.2, 0.25) is 0 Å². The Hall–Kier alpha value is -0.770. The summed E-state index contributed by atoms with van der Waals surface area (Å²) in [5, 5.41) is 3.77. The van der Waals surface area contributed by atoms with Gasteiger partial charge in [-0.1, -0.05) is 13.3 Å². The van der Waals surface area contributed by atoms with Crippen LogP contribution in [0.4, 0.5) is 4.79 Å². The van der Waals surface area contributed by atoms with Crippen molar-refractivity contribution in [3.8, 4) is 0 Å². The molecule has 4 nitrogen and oxygen atoms in total. The Kier molecular flexibility index (Phi) is 4.95. The maximum atomic E-state index is 12.1. The summed E-state index contributed by atoms with van der Waals surface area (Å²) < 4.78 is 5.48. The van der Waals surface area contributed by atoms with Crippen molar-refractivity contribution >= 4 is 6.09 Å². The van der Waals surface area contributed by atoms with Crippen molar-refractivity contribution in [1.82, 2.24) is 10.2 Å². The first-order valence-electron chi connectivity index (χ1n) is 8.09. The van der Waals surface area contributed by atoms with Crippen LogP contribution in [0.15, 0.2) is 0 Å². The Morgan fingerprint density at radius 2 is 1.95 bits per heavy atom. The molecule has 3 unspecified atom stereocenters. The lowest BCUT2D eigenvalue weighted by atomic mass is 10.0. The van der Waals surface area contributed by atoms with Crippen molar-refractivity contribution in [3.63, 3.8) is 0 Å². The van der Waals surface area contributed by atoms with Crippen molar-refractivity contribution in [3.05, 3.63) is 0 Å². The van der Waals surface area contributed by atoms with Crippen LogP contribution < -0.4 is 5.32 Å². The van der Waals surface area contributed by atoms with Gasteiger partial charge in [0.15, 0.2) is 0 Å². The number of nitrogens with zero attached hydrogens (tertiary/aromatic N) is 1. The molecule has 1 N–H and O–H groups in total. The van der Waals surface area contributed by atoms with E-state index in [1.165, 1.54) is 25.7 Å². The summed E-state index contributed by atoms with van der Waals surface area (Å²) in [4.78, 5) is 14.0. The molecular formula is C16H30N2O2. The summed E-state index contributed by atoms with van der Waals surface area (Å²) in [5.74, 6) is 0.770.